The van der Waals surface area contributed by atoms with E-state index in [0.29, 0.717) is 46.6 Å². The molecule has 1 aromatic carbocycles. The summed E-state index contributed by atoms with van der Waals surface area (Å²) in [6, 6.07) is 12.7. The van der Waals surface area contributed by atoms with Gasteiger partial charge in [0.25, 0.3) is 5.91 Å². The number of aryl methyl sites for hydroxylation is 1. The molecule has 1 amide bonds. The van der Waals surface area contributed by atoms with Gasteiger partial charge in [-0.2, -0.15) is 13.2 Å². The van der Waals surface area contributed by atoms with Gasteiger partial charge in [-0.1, -0.05) is 55.8 Å². The molecule has 8 nitrogen and oxygen atoms in total. The number of carboxylic acids is 1. The van der Waals surface area contributed by atoms with Crippen LogP contribution in [0.25, 0.3) is 16.6 Å². The number of carbonyl (C=O) groups is 2. The van der Waals surface area contributed by atoms with E-state index in [1.807, 2.05) is 24.3 Å². The Morgan fingerprint density at radius 1 is 1.00 bits per heavy atom. The molecule has 4 aromatic rings. The lowest BCUT2D eigenvalue weighted by molar-refractivity contribution is -0.312. The van der Waals surface area contributed by atoms with Crippen LogP contribution in [0.2, 0.25) is 0 Å². The zero-order chi connectivity index (χ0) is 33.4. The van der Waals surface area contributed by atoms with E-state index >= 15 is 0 Å². The Morgan fingerprint density at radius 2 is 1.76 bits per heavy atom. The number of pyridine rings is 2. The summed E-state index contributed by atoms with van der Waals surface area (Å²) in [5.41, 5.74) is 4.50. The zero-order valence-corrected chi connectivity index (χ0v) is 26.1. The quantitative estimate of drug-likeness (QED) is 0.212. The Balaban J connectivity index is 1.51. The number of amides is 1. The standard InChI is InChI=1S/C35H34F3N3O5/c1-20-21(2)39-27-14-16-29(45-5)40-31(27)30(20)32(42)41(19-26-13-15-28(46-26)35(36,37)38)18-22-9-11-23(12-10-22)24-7-6-8-25(17-24)34(3,4)33(43)44/h6-9,11,13-17H,10,12,18-19H2,1-5H3,(H,43,44)/p-1. The molecule has 46 heavy (non-hydrogen) atoms. The number of furan rings is 1. The van der Waals surface area contributed by atoms with Gasteiger partial charge in [0.2, 0.25) is 11.6 Å². The molecular weight excluding hydrogens is 599 g/mol. The fourth-order valence-corrected chi connectivity index (χ4v) is 5.39. The van der Waals surface area contributed by atoms with Crippen LogP contribution in [0.4, 0.5) is 13.2 Å². The van der Waals surface area contributed by atoms with Crippen molar-refractivity contribution in [2.45, 2.75) is 58.7 Å². The molecule has 0 N–H and O–H groups in total. The molecule has 0 radical (unpaired) electrons. The van der Waals surface area contributed by atoms with Crippen molar-refractivity contribution in [3.8, 4) is 5.88 Å². The SMILES string of the molecule is COc1ccc2nc(C)c(C)c(C(=O)N(CC3=CC=C(c4cccc(C(C)(C)C(=O)[O-])c4)CC3)Cc3ccc(C(F)(F)F)o3)c2n1. The summed E-state index contributed by atoms with van der Waals surface area (Å²) in [5, 5.41) is 11.7. The first kappa shape index (κ1) is 32.5. The number of aromatic nitrogens is 2. The summed E-state index contributed by atoms with van der Waals surface area (Å²) >= 11 is 0. The van der Waals surface area contributed by atoms with Crippen molar-refractivity contribution >= 4 is 28.5 Å². The number of rotatable bonds is 9. The predicted molar refractivity (Wildman–Crippen MR) is 164 cm³/mol. The van der Waals surface area contributed by atoms with Crippen LogP contribution in [0.5, 0.6) is 5.88 Å². The number of carbonyl (C=O) groups excluding carboxylic acids is 2. The number of alkyl halides is 3. The predicted octanol–water partition coefficient (Wildman–Crippen LogP) is 6.34. The van der Waals surface area contributed by atoms with Gasteiger partial charge in [0.05, 0.1) is 30.7 Å². The monoisotopic (exact) mass is 632 g/mol. The van der Waals surface area contributed by atoms with Crippen LogP contribution < -0.4 is 9.84 Å². The van der Waals surface area contributed by atoms with Gasteiger partial charge in [0.15, 0.2) is 0 Å². The highest BCUT2D eigenvalue weighted by Gasteiger charge is 2.35. The van der Waals surface area contributed by atoms with Crippen molar-refractivity contribution in [3.63, 3.8) is 0 Å². The summed E-state index contributed by atoms with van der Waals surface area (Å²) in [4.78, 5) is 36.6. The second kappa shape index (κ2) is 12.5. The molecule has 0 unspecified atom stereocenters. The minimum atomic E-state index is -4.66. The third-order valence-corrected chi connectivity index (χ3v) is 8.38. The maximum atomic E-state index is 14.3. The lowest BCUT2D eigenvalue weighted by atomic mass is 9.82. The van der Waals surface area contributed by atoms with Crippen LogP contribution in [-0.4, -0.2) is 40.4 Å². The second-order valence-corrected chi connectivity index (χ2v) is 11.9. The third kappa shape index (κ3) is 6.54. The van der Waals surface area contributed by atoms with Gasteiger partial charge in [0.1, 0.15) is 11.3 Å². The number of nitrogens with zero attached hydrogens (tertiary/aromatic N) is 3. The van der Waals surface area contributed by atoms with E-state index in [0.717, 1.165) is 22.8 Å². The van der Waals surface area contributed by atoms with Gasteiger partial charge in [-0.25, -0.2) is 4.98 Å². The van der Waals surface area contributed by atoms with Gasteiger partial charge >= 0.3 is 6.18 Å². The van der Waals surface area contributed by atoms with Crippen molar-refractivity contribution in [1.29, 1.82) is 0 Å². The van der Waals surface area contributed by atoms with Crippen molar-refractivity contribution in [1.82, 2.24) is 14.9 Å². The molecule has 3 aromatic heterocycles. The summed E-state index contributed by atoms with van der Waals surface area (Å²) < 4.78 is 50.4. The van der Waals surface area contributed by atoms with E-state index in [1.165, 1.54) is 18.1 Å². The lowest BCUT2D eigenvalue weighted by Gasteiger charge is -2.28. The molecule has 0 bridgehead atoms. The molecule has 0 fully saturated rings. The number of fused-ring (bicyclic) bond motifs is 1. The van der Waals surface area contributed by atoms with Crippen LogP contribution >= 0.6 is 0 Å². The molecule has 0 aliphatic heterocycles. The molecule has 1 aliphatic carbocycles. The largest absolute Gasteiger partial charge is 0.549 e. The van der Waals surface area contributed by atoms with E-state index < -0.39 is 29.2 Å². The number of aliphatic carboxylic acids is 1. The van der Waals surface area contributed by atoms with Gasteiger partial charge in [-0.15, -0.1) is 0 Å². The summed E-state index contributed by atoms with van der Waals surface area (Å²) in [6.45, 7) is 6.63. The molecule has 11 heteroatoms. The summed E-state index contributed by atoms with van der Waals surface area (Å²) in [6.07, 6.45) is 0.324. The highest BCUT2D eigenvalue weighted by molar-refractivity contribution is 6.06. The number of ether oxygens (including phenoxy) is 1. The first-order chi connectivity index (χ1) is 21.7. The number of halogens is 3. The smallest absolute Gasteiger partial charge is 0.449 e. The van der Waals surface area contributed by atoms with Gasteiger partial charge < -0.3 is 24.0 Å². The van der Waals surface area contributed by atoms with E-state index in [4.69, 9.17) is 9.15 Å². The molecular formula is C35H33F3N3O5-. The number of hydrogen-bond donors (Lipinski definition) is 0. The molecule has 0 atom stereocenters. The third-order valence-electron chi connectivity index (χ3n) is 8.38. The molecule has 1 aliphatic rings. The molecule has 5 rings (SSSR count). The average molecular weight is 633 g/mol. The minimum absolute atomic E-state index is 0.0149. The number of methoxy groups -OCH3 is 1. The van der Waals surface area contributed by atoms with Gasteiger partial charge in [0, 0.05) is 23.7 Å². The summed E-state index contributed by atoms with van der Waals surface area (Å²) in [7, 11) is 1.46. The van der Waals surface area contributed by atoms with E-state index in [9.17, 15) is 27.9 Å². The molecule has 0 saturated carbocycles. The van der Waals surface area contributed by atoms with Crippen LogP contribution in [-0.2, 0) is 22.9 Å². The van der Waals surface area contributed by atoms with Crippen molar-refractivity contribution in [2.24, 2.45) is 0 Å². The van der Waals surface area contributed by atoms with Crippen molar-refractivity contribution in [2.75, 3.05) is 13.7 Å². The molecule has 240 valence electrons. The number of hydrogen-bond acceptors (Lipinski definition) is 7. The second-order valence-electron chi connectivity index (χ2n) is 11.9. The Hall–Kier alpha value is -4.93. The molecule has 3 heterocycles. The zero-order valence-electron chi connectivity index (χ0n) is 26.1. The highest BCUT2D eigenvalue weighted by Crippen LogP contribution is 2.34. The van der Waals surface area contributed by atoms with Gasteiger partial charge in [-0.3, -0.25) is 9.78 Å². The first-order valence-electron chi connectivity index (χ1n) is 14.7. The Labute approximate surface area is 264 Å². The number of carboxylic acid groups (broad SMARTS) is 1. The normalized spacial score (nSPS) is 13.7. The van der Waals surface area contributed by atoms with Crippen LogP contribution in [0, 0.1) is 13.8 Å². The first-order valence-corrected chi connectivity index (χ1v) is 14.7. The Kier molecular flexibility index (Phi) is 8.79. The topological polar surface area (TPSA) is 109 Å². The minimum Gasteiger partial charge on any atom is -0.549 e. The maximum absolute atomic E-state index is 14.3. The Morgan fingerprint density at radius 3 is 2.39 bits per heavy atom. The lowest BCUT2D eigenvalue weighted by Crippen LogP contribution is -2.41. The maximum Gasteiger partial charge on any atom is 0.449 e. The number of benzene rings is 1. The van der Waals surface area contributed by atoms with E-state index in [-0.39, 0.29) is 24.4 Å². The van der Waals surface area contributed by atoms with Crippen LogP contribution in [0.3, 0.4) is 0 Å². The fourth-order valence-electron chi connectivity index (χ4n) is 5.39. The fraction of sp³-hybridized carbons (Fsp3) is 0.314. The summed E-state index contributed by atoms with van der Waals surface area (Å²) in [5.74, 6) is -2.48. The Bertz CT molecular complexity index is 1890. The van der Waals surface area contributed by atoms with Crippen LogP contribution in [0.1, 0.15) is 71.0 Å². The molecule has 0 spiro atoms. The van der Waals surface area contributed by atoms with Crippen LogP contribution in [0.15, 0.2) is 70.7 Å². The average Bonchev–Trinajstić information content (AvgIpc) is 3.51. The van der Waals surface area contributed by atoms with E-state index in [1.54, 1.807) is 52.0 Å². The highest BCUT2D eigenvalue weighted by atomic mass is 19.4. The van der Waals surface area contributed by atoms with E-state index in [2.05, 4.69) is 9.97 Å². The molecule has 0 saturated heterocycles. The number of allylic oxidation sites excluding steroid dienone is 3. The van der Waals surface area contributed by atoms with Crippen molar-refractivity contribution < 1.29 is 37.0 Å². The van der Waals surface area contributed by atoms with Crippen molar-refractivity contribution in [3.05, 3.63) is 106 Å². The van der Waals surface area contributed by atoms with Gasteiger partial charge in [-0.05, 0) is 67.2 Å².